The number of aromatic nitrogens is 1. The van der Waals surface area contributed by atoms with Gasteiger partial charge in [0.1, 0.15) is 17.0 Å². The highest BCUT2D eigenvalue weighted by Crippen LogP contribution is 2.44. The SMILES string of the molecule is COC(=O)c1nc(C(=O)N2CCCC[C@H]2c2ccccc2)ccc1-c1cc2c(cc1C(=O)Nc1c(C)cc(CNC(=O)OC(C)(C)C)cc1C)-c1sccc1CCO2. The van der Waals surface area contributed by atoms with Crippen molar-refractivity contribution in [3.8, 4) is 27.3 Å². The number of aryl methyl sites for hydroxylation is 2. The zero-order chi connectivity index (χ0) is 41.1. The topological polar surface area (TPSA) is 136 Å². The Morgan fingerprint density at radius 1 is 0.931 bits per heavy atom. The highest BCUT2D eigenvalue weighted by atomic mass is 32.1. The zero-order valence-corrected chi connectivity index (χ0v) is 34.5. The summed E-state index contributed by atoms with van der Waals surface area (Å²) in [4.78, 5) is 62.3. The normalized spacial score (nSPS) is 14.9. The van der Waals surface area contributed by atoms with Gasteiger partial charge in [0.2, 0.25) is 0 Å². The van der Waals surface area contributed by atoms with E-state index in [1.54, 1.807) is 50.3 Å². The molecule has 0 saturated carbocycles. The minimum Gasteiger partial charge on any atom is -0.493 e. The average molecular weight is 801 g/mol. The van der Waals surface area contributed by atoms with Crippen molar-refractivity contribution in [3.05, 3.63) is 123 Å². The first kappa shape index (κ1) is 40.2. The number of rotatable bonds is 8. The number of fused-ring (bicyclic) bond motifs is 3. The van der Waals surface area contributed by atoms with Crippen LogP contribution in [0.3, 0.4) is 0 Å². The lowest BCUT2D eigenvalue weighted by atomic mass is 9.93. The van der Waals surface area contributed by atoms with Crippen LogP contribution in [0.4, 0.5) is 10.5 Å². The molecule has 0 radical (unpaired) electrons. The summed E-state index contributed by atoms with van der Waals surface area (Å²) in [5.74, 6) is -0.875. The number of amides is 3. The second kappa shape index (κ2) is 16.8. The van der Waals surface area contributed by atoms with E-state index < -0.39 is 23.6 Å². The van der Waals surface area contributed by atoms with Gasteiger partial charge in [-0.05, 0) is 117 Å². The molecule has 2 aliphatic rings. The molecule has 2 N–H and O–H groups in total. The van der Waals surface area contributed by atoms with E-state index in [0.29, 0.717) is 42.1 Å². The highest BCUT2D eigenvalue weighted by Gasteiger charge is 2.32. The molecule has 11 nitrogen and oxygen atoms in total. The smallest absolute Gasteiger partial charge is 0.407 e. The Morgan fingerprint density at radius 3 is 2.41 bits per heavy atom. The molecule has 1 atom stereocenters. The van der Waals surface area contributed by atoms with Gasteiger partial charge in [-0.25, -0.2) is 14.6 Å². The largest absolute Gasteiger partial charge is 0.493 e. The lowest BCUT2D eigenvalue weighted by Gasteiger charge is -2.36. The van der Waals surface area contributed by atoms with E-state index in [9.17, 15) is 19.2 Å². The third-order valence-electron chi connectivity index (χ3n) is 10.4. The van der Waals surface area contributed by atoms with E-state index in [1.165, 1.54) is 7.11 Å². The predicted molar refractivity (Wildman–Crippen MR) is 225 cm³/mol. The summed E-state index contributed by atoms with van der Waals surface area (Å²) in [5.41, 5.74) is 6.39. The van der Waals surface area contributed by atoms with Crippen LogP contribution < -0.4 is 15.4 Å². The maximum atomic E-state index is 14.7. The van der Waals surface area contributed by atoms with Crippen LogP contribution >= 0.6 is 11.3 Å². The summed E-state index contributed by atoms with van der Waals surface area (Å²) in [6.07, 6.45) is 2.86. The molecule has 0 spiro atoms. The van der Waals surface area contributed by atoms with Gasteiger partial charge in [0.25, 0.3) is 11.8 Å². The van der Waals surface area contributed by atoms with Crippen LogP contribution in [0.5, 0.6) is 5.75 Å². The van der Waals surface area contributed by atoms with Gasteiger partial charge >= 0.3 is 12.1 Å². The van der Waals surface area contributed by atoms with Crippen molar-refractivity contribution in [3.63, 3.8) is 0 Å². The fraction of sp³-hybridized carbons (Fsp3) is 0.326. The molecule has 4 heterocycles. The van der Waals surface area contributed by atoms with Gasteiger partial charge in [-0.1, -0.05) is 42.5 Å². The number of piperidine rings is 1. The van der Waals surface area contributed by atoms with Crippen molar-refractivity contribution in [2.45, 2.75) is 78.5 Å². The number of carbonyl (C=O) groups is 4. The van der Waals surface area contributed by atoms with Crippen molar-refractivity contribution < 1.29 is 33.4 Å². The summed E-state index contributed by atoms with van der Waals surface area (Å²) in [6, 6.07) is 22.6. The molecule has 1 saturated heterocycles. The van der Waals surface area contributed by atoms with Crippen LogP contribution in [0.2, 0.25) is 0 Å². The lowest BCUT2D eigenvalue weighted by Crippen LogP contribution is -2.39. The first-order valence-corrected chi connectivity index (χ1v) is 20.4. The van der Waals surface area contributed by atoms with Crippen LogP contribution in [0.15, 0.2) is 78.2 Å². The molecule has 3 aromatic carbocycles. The first-order chi connectivity index (χ1) is 27.8. The molecule has 7 rings (SSSR count). The molecule has 58 heavy (non-hydrogen) atoms. The number of hydrogen-bond acceptors (Lipinski definition) is 9. The zero-order valence-electron chi connectivity index (χ0n) is 33.7. The molecule has 3 amide bonds. The molecule has 0 bridgehead atoms. The van der Waals surface area contributed by atoms with Crippen molar-refractivity contribution >= 4 is 40.9 Å². The van der Waals surface area contributed by atoms with Gasteiger partial charge in [0.05, 0.1) is 19.8 Å². The van der Waals surface area contributed by atoms with Gasteiger partial charge < -0.3 is 29.7 Å². The number of alkyl carbamates (subject to hydrolysis) is 1. The molecule has 2 aliphatic heterocycles. The molecular formula is C46H48N4O7S. The number of hydrogen-bond donors (Lipinski definition) is 2. The minimum atomic E-state index is -0.743. The molecule has 12 heteroatoms. The fourth-order valence-electron chi connectivity index (χ4n) is 7.74. The van der Waals surface area contributed by atoms with Crippen molar-refractivity contribution in [2.75, 3.05) is 25.6 Å². The monoisotopic (exact) mass is 800 g/mol. The summed E-state index contributed by atoms with van der Waals surface area (Å²) in [7, 11) is 1.27. The average Bonchev–Trinajstić information content (AvgIpc) is 3.61. The number of nitrogens with zero attached hydrogens (tertiary/aromatic N) is 2. The Hall–Kier alpha value is -6.01. The number of methoxy groups -OCH3 is 1. The predicted octanol–water partition coefficient (Wildman–Crippen LogP) is 9.46. The number of nitrogens with one attached hydrogen (secondary N) is 2. The maximum Gasteiger partial charge on any atom is 0.407 e. The quantitative estimate of drug-likeness (QED) is 0.148. The number of esters is 1. The summed E-state index contributed by atoms with van der Waals surface area (Å²) in [5, 5.41) is 7.96. The van der Waals surface area contributed by atoms with Gasteiger partial charge in [-0.2, -0.15) is 0 Å². The number of thiophene rings is 1. The Bertz CT molecular complexity index is 2360. The van der Waals surface area contributed by atoms with Crippen LogP contribution in [-0.2, 0) is 22.4 Å². The van der Waals surface area contributed by atoms with E-state index >= 15 is 0 Å². The standard InChI is InChI=1S/C46H48N4O7S/c1-27-22-29(26-47-45(54)57-46(3,4)5)23-28(2)39(27)49-42(51)34-24-35-38(56-20-17-31-18-21-58-41(31)35)25-33(34)32-15-16-36(48-40(32)44(53)55-6)43(52)50-19-11-10-14-37(50)30-12-8-7-9-13-30/h7-9,12-13,15-16,18,21-25,37H,10-11,14,17,19-20,26H2,1-6H3,(H,47,54)(H,49,51)/t37-/m0/s1. The van der Waals surface area contributed by atoms with Gasteiger partial charge in [0.15, 0.2) is 5.69 Å². The van der Waals surface area contributed by atoms with E-state index in [0.717, 1.165) is 57.5 Å². The van der Waals surface area contributed by atoms with E-state index in [2.05, 4.69) is 21.7 Å². The van der Waals surface area contributed by atoms with Crippen LogP contribution in [0.1, 0.15) is 105 Å². The van der Waals surface area contributed by atoms with Crippen LogP contribution in [-0.4, -0.2) is 59.6 Å². The number of ether oxygens (including phenoxy) is 3. The molecular weight excluding hydrogens is 753 g/mol. The van der Waals surface area contributed by atoms with Crippen LogP contribution in [0, 0.1) is 13.8 Å². The third-order valence-corrected chi connectivity index (χ3v) is 11.4. The summed E-state index contributed by atoms with van der Waals surface area (Å²) in [6.45, 7) is 10.4. The lowest BCUT2D eigenvalue weighted by molar-refractivity contribution is 0.0521. The molecule has 1 fully saturated rings. The fourth-order valence-corrected chi connectivity index (χ4v) is 8.72. The van der Waals surface area contributed by atoms with Crippen molar-refractivity contribution in [2.24, 2.45) is 0 Å². The van der Waals surface area contributed by atoms with Crippen molar-refractivity contribution in [1.82, 2.24) is 15.2 Å². The summed E-state index contributed by atoms with van der Waals surface area (Å²) >= 11 is 1.57. The molecule has 0 unspecified atom stereocenters. The minimum absolute atomic E-state index is 0.0877. The third kappa shape index (κ3) is 8.62. The van der Waals surface area contributed by atoms with Gasteiger partial charge in [-0.15, -0.1) is 11.3 Å². The van der Waals surface area contributed by atoms with Crippen molar-refractivity contribution in [1.29, 1.82) is 0 Å². The Kier molecular flexibility index (Phi) is 11.7. The highest BCUT2D eigenvalue weighted by molar-refractivity contribution is 7.13. The van der Waals surface area contributed by atoms with E-state index in [1.807, 2.05) is 72.7 Å². The van der Waals surface area contributed by atoms with Gasteiger partial charge in [-0.3, -0.25) is 9.59 Å². The number of benzene rings is 3. The van der Waals surface area contributed by atoms with Gasteiger partial charge in [0, 0.05) is 52.3 Å². The Labute approximate surface area is 342 Å². The summed E-state index contributed by atoms with van der Waals surface area (Å²) < 4.78 is 16.9. The number of carbonyl (C=O) groups excluding carboxylic acids is 4. The second-order valence-electron chi connectivity index (χ2n) is 15.7. The maximum absolute atomic E-state index is 14.7. The molecule has 0 aliphatic carbocycles. The van der Waals surface area contributed by atoms with E-state index in [4.69, 9.17) is 14.2 Å². The molecule has 2 aromatic heterocycles. The second-order valence-corrected chi connectivity index (χ2v) is 16.6. The Balaban J connectivity index is 1.27. The van der Waals surface area contributed by atoms with E-state index in [-0.39, 0.29) is 35.4 Å². The number of pyridine rings is 1. The number of likely N-dealkylation sites (tertiary alicyclic amines) is 1. The molecule has 5 aromatic rings. The van der Waals surface area contributed by atoms with Crippen LogP contribution in [0.25, 0.3) is 21.6 Å². The number of anilines is 1. The Morgan fingerprint density at radius 2 is 1.69 bits per heavy atom. The first-order valence-electron chi connectivity index (χ1n) is 19.5. The molecule has 300 valence electrons.